The van der Waals surface area contributed by atoms with Crippen molar-refractivity contribution in [3.8, 4) is 0 Å². The molecule has 0 aliphatic rings. The van der Waals surface area contributed by atoms with Crippen LogP contribution in [0.15, 0.2) is 24.6 Å². The average Bonchev–Trinajstić information content (AvgIpc) is 2.13. The molecule has 0 heterocycles. The zero-order valence-corrected chi connectivity index (χ0v) is 9.01. The molecule has 12 heavy (non-hydrogen) atoms. The summed E-state index contributed by atoms with van der Waals surface area (Å²) in [5.74, 6) is 0. The normalized spacial score (nSPS) is 11.2. The predicted molar refractivity (Wildman–Crippen MR) is 54.0 cm³/mol. The van der Waals surface area contributed by atoms with E-state index in [1.165, 1.54) is 0 Å². The molecule has 0 aromatic rings. The van der Waals surface area contributed by atoms with E-state index in [2.05, 4.69) is 20.1 Å². The van der Waals surface area contributed by atoms with Gasteiger partial charge in [0.05, 0.1) is 0 Å². The lowest BCUT2D eigenvalue weighted by molar-refractivity contribution is 0.197. The smallest absolute Gasteiger partial charge is 0.389 e. The van der Waals surface area contributed by atoms with Crippen LogP contribution >= 0.6 is 0 Å². The molecule has 0 spiro atoms. The Morgan fingerprint density at radius 3 is 2.08 bits per heavy atom. The molecule has 0 radical (unpaired) electrons. The summed E-state index contributed by atoms with van der Waals surface area (Å²) in [5, 5.41) is 0. The Labute approximate surface area is 76.1 Å². The van der Waals surface area contributed by atoms with Crippen molar-refractivity contribution in [2.24, 2.45) is 0 Å². The summed E-state index contributed by atoms with van der Waals surface area (Å²) in [5.41, 5.74) is 3.53. The van der Waals surface area contributed by atoms with Crippen molar-refractivity contribution in [2.75, 3.05) is 13.2 Å². The number of hydrogen-bond acceptors (Lipinski definition) is 2. The first kappa shape index (κ1) is 11.6. The molecular weight excluding hydrogens is 168 g/mol. The molecule has 0 saturated carbocycles. The molecule has 70 valence electrons. The highest BCUT2D eigenvalue weighted by molar-refractivity contribution is 6.77. The van der Waals surface area contributed by atoms with Crippen LogP contribution in [-0.4, -0.2) is 21.8 Å². The van der Waals surface area contributed by atoms with Crippen LogP contribution in [-0.2, 0) is 8.85 Å². The maximum Gasteiger partial charge on any atom is 0.390 e. The highest BCUT2D eigenvalue weighted by atomic mass is 28.4. The van der Waals surface area contributed by atoms with E-state index < -0.39 is 8.56 Å². The van der Waals surface area contributed by atoms with E-state index in [9.17, 15) is 0 Å². The van der Waals surface area contributed by atoms with Gasteiger partial charge >= 0.3 is 8.56 Å². The monoisotopic (exact) mass is 186 g/mol. The minimum absolute atomic E-state index is 0.647. The molecule has 0 aromatic heterocycles. The molecular formula is C9H18O2Si. The molecule has 0 atom stereocenters. The van der Waals surface area contributed by atoms with Crippen molar-refractivity contribution < 1.29 is 8.85 Å². The van der Waals surface area contributed by atoms with Gasteiger partial charge in [-0.3, -0.25) is 0 Å². The fraction of sp³-hybridized carbons (Fsp3) is 0.556. The van der Waals surface area contributed by atoms with E-state index >= 15 is 0 Å². The summed E-state index contributed by atoms with van der Waals surface area (Å²) < 4.78 is 11.1. The Morgan fingerprint density at radius 1 is 1.17 bits per heavy atom. The largest absolute Gasteiger partial charge is 0.390 e. The van der Waals surface area contributed by atoms with Gasteiger partial charge in [0.2, 0.25) is 0 Å². The SMILES string of the molecule is C=C[Si](C=C)(OCC)OCCC. The standard InChI is InChI=1S/C9H18O2Si/c1-5-9-11-12(7-3,8-4)10-6-2/h7-8H,3-6,9H2,1-2H3. The molecule has 0 unspecified atom stereocenters. The van der Waals surface area contributed by atoms with Crippen molar-refractivity contribution in [1.29, 1.82) is 0 Å². The van der Waals surface area contributed by atoms with E-state index in [-0.39, 0.29) is 0 Å². The van der Waals surface area contributed by atoms with Gasteiger partial charge in [-0.15, -0.1) is 13.2 Å². The quantitative estimate of drug-likeness (QED) is 0.568. The van der Waals surface area contributed by atoms with Crippen LogP contribution in [0.3, 0.4) is 0 Å². The van der Waals surface area contributed by atoms with Crippen molar-refractivity contribution in [3.63, 3.8) is 0 Å². The van der Waals surface area contributed by atoms with E-state index in [0.717, 1.165) is 6.42 Å². The Balaban J connectivity index is 4.13. The molecule has 0 aromatic carbocycles. The highest BCUT2D eigenvalue weighted by Crippen LogP contribution is 2.10. The molecule has 3 heteroatoms. The average molecular weight is 186 g/mol. The maximum absolute atomic E-state index is 5.60. The Morgan fingerprint density at radius 2 is 1.75 bits per heavy atom. The number of hydrogen-bond donors (Lipinski definition) is 0. The topological polar surface area (TPSA) is 18.5 Å². The summed E-state index contributed by atoms with van der Waals surface area (Å²) in [4.78, 5) is 0. The molecule has 0 saturated heterocycles. The van der Waals surface area contributed by atoms with Crippen LogP contribution < -0.4 is 0 Å². The van der Waals surface area contributed by atoms with Gasteiger partial charge in [-0.25, -0.2) is 0 Å². The first-order valence-corrected chi connectivity index (χ1v) is 6.26. The second-order valence-electron chi connectivity index (χ2n) is 2.41. The Bertz CT molecular complexity index is 137. The van der Waals surface area contributed by atoms with Crippen LogP contribution in [0.25, 0.3) is 0 Å². The van der Waals surface area contributed by atoms with Gasteiger partial charge in [-0.1, -0.05) is 6.92 Å². The molecule has 0 aliphatic heterocycles. The molecule has 0 rings (SSSR count). The van der Waals surface area contributed by atoms with Crippen LogP contribution in [0.1, 0.15) is 20.3 Å². The predicted octanol–water partition coefficient (Wildman–Crippen LogP) is 2.34. The van der Waals surface area contributed by atoms with Gasteiger partial charge in [0, 0.05) is 13.2 Å². The van der Waals surface area contributed by atoms with Crippen molar-refractivity contribution in [3.05, 3.63) is 24.6 Å². The minimum atomic E-state index is -2.24. The van der Waals surface area contributed by atoms with Crippen LogP contribution in [0.5, 0.6) is 0 Å². The van der Waals surface area contributed by atoms with Crippen molar-refractivity contribution in [1.82, 2.24) is 0 Å². The molecule has 0 bridgehead atoms. The zero-order valence-electron chi connectivity index (χ0n) is 8.01. The fourth-order valence-electron chi connectivity index (χ4n) is 0.848. The lowest BCUT2D eigenvalue weighted by Gasteiger charge is -2.22. The van der Waals surface area contributed by atoms with Gasteiger partial charge in [0.25, 0.3) is 0 Å². The van der Waals surface area contributed by atoms with Gasteiger partial charge in [-0.2, -0.15) is 0 Å². The summed E-state index contributed by atoms with van der Waals surface area (Å²) in [6.45, 7) is 12.8. The maximum atomic E-state index is 5.60. The second-order valence-corrected chi connectivity index (χ2v) is 5.25. The molecule has 0 fully saturated rings. The zero-order chi connectivity index (χ0) is 9.45. The molecule has 2 nitrogen and oxygen atoms in total. The summed E-state index contributed by atoms with van der Waals surface area (Å²) in [6.07, 6.45) is 0.990. The minimum Gasteiger partial charge on any atom is -0.389 e. The van der Waals surface area contributed by atoms with Gasteiger partial charge in [0.1, 0.15) is 0 Å². The highest BCUT2D eigenvalue weighted by Gasteiger charge is 2.29. The first-order chi connectivity index (χ1) is 5.74. The fourth-order valence-corrected chi connectivity index (χ4v) is 2.54. The third-order valence-electron chi connectivity index (χ3n) is 1.47. The summed E-state index contributed by atoms with van der Waals surface area (Å²) in [6, 6.07) is 0. The Hall–Kier alpha value is -0.383. The van der Waals surface area contributed by atoms with Crippen LogP contribution in [0.2, 0.25) is 0 Å². The lowest BCUT2D eigenvalue weighted by Crippen LogP contribution is -2.38. The third kappa shape index (κ3) is 3.34. The first-order valence-electron chi connectivity index (χ1n) is 4.29. The third-order valence-corrected chi connectivity index (χ3v) is 4.00. The second kappa shape index (κ2) is 6.17. The molecule has 0 aliphatic carbocycles. The molecule has 0 amide bonds. The van der Waals surface area contributed by atoms with Gasteiger partial charge < -0.3 is 8.85 Å². The van der Waals surface area contributed by atoms with Crippen molar-refractivity contribution in [2.45, 2.75) is 20.3 Å². The van der Waals surface area contributed by atoms with Gasteiger partial charge in [-0.05, 0) is 24.7 Å². The Kier molecular flexibility index (Phi) is 5.97. The van der Waals surface area contributed by atoms with E-state index in [1.807, 2.05) is 6.92 Å². The van der Waals surface area contributed by atoms with Crippen LogP contribution in [0.4, 0.5) is 0 Å². The molecule has 0 N–H and O–H groups in total. The summed E-state index contributed by atoms with van der Waals surface area (Å²) in [7, 11) is -2.24. The van der Waals surface area contributed by atoms with E-state index in [0.29, 0.717) is 13.2 Å². The summed E-state index contributed by atoms with van der Waals surface area (Å²) >= 11 is 0. The van der Waals surface area contributed by atoms with Gasteiger partial charge in [0.15, 0.2) is 0 Å². The van der Waals surface area contributed by atoms with E-state index in [4.69, 9.17) is 8.85 Å². The van der Waals surface area contributed by atoms with E-state index in [1.54, 1.807) is 11.4 Å². The lowest BCUT2D eigenvalue weighted by atomic mass is 10.5. The van der Waals surface area contributed by atoms with Crippen molar-refractivity contribution >= 4 is 8.56 Å². The van der Waals surface area contributed by atoms with Crippen LogP contribution in [0, 0.1) is 0 Å². The number of rotatable bonds is 7.